The van der Waals surface area contributed by atoms with E-state index in [4.69, 9.17) is 31.0 Å². The van der Waals surface area contributed by atoms with Crippen molar-refractivity contribution in [3.63, 3.8) is 0 Å². The van der Waals surface area contributed by atoms with Crippen LogP contribution in [-0.4, -0.2) is 24.2 Å². The van der Waals surface area contributed by atoms with Crippen LogP contribution in [-0.2, 0) is 0 Å². The number of benzene rings is 3. The van der Waals surface area contributed by atoms with Crippen molar-refractivity contribution in [1.29, 1.82) is 0 Å². The quantitative estimate of drug-likeness (QED) is 0.472. The first-order chi connectivity index (χ1) is 13.7. The average molecular weight is 392 g/mol. The molecule has 140 valence electrons. The van der Waals surface area contributed by atoms with E-state index < -0.39 is 0 Å². The Bertz CT molecular complexity index is 1150. The van der Waals surface area contributed by atoms with Gasteiger partial charge in [-0.3, -0.25) is 0 Å². The van der Waals surface area contributed by atoms with Crippen molar-refractivity contribution in [3.8, 4) is 22.9 Å². The lowest BCUT2D eigenvalue weighted by Gasteiger charge is -2.15. The van der Waals surface area contributed by atoms with Gasteiger partial charge < -0.3 is 14.8 Å². The van der Waals surface area contributed by atoms with Crippen molar-refractivity contribution in [2.45, 2.75) is 0 Å². The molecule has 4 rings (SSSR count). The van der Waals surface area contributed by atoms with Crippen LogP contribution >= 0.6 is 11.6 Å². The number of nitrogens with one attached hydrogen (secondary N) is 1. The van der Waals surface area contributed by atoms with E-state index in [9.17, 15) is 0 Å². The predicted molar refractivity (Wildman–Crippen MR) is 113 cm³/mol. The summed E-state index contributed by atoms with van der Waals surface area (Å²) in [6, 6.07) is 20.9. The van der Waals surface area contributed by atoms with E-state index >= 15 is 0 Å². The molecule has 0 fully saturated rings. The van der Waals surface area contributed by atoms with Gasteiger partial charge in [-0.1, -0.05) is 35.9 Å². The van der Waals surface area contributed by atoms with Crippen LogP contribution in [0, 0.1) is 0 Å². The van der Waals surface area contributed by atoms with E-state index in [1.54, 1.807) is 14.2 Å². The van der Waals surface area contributed by atoms with Gasteiger partial charge in [0.1, 0.15) is 17.3 Å². The third kappa shape index (κ3) is 3.44. The molecule has 0 amide bonds. The highest BCUT2D eigenvalue weighted by molar-refractivity contribution is 6.33. The zero-order valence-corrected chi connectivity index (χ0v) is 16.2. The van der Waals surface area contributed by atoms with Crippen molar-refractivity contribution in [1.82, 2.24) is 9.97 Å². The first-order valence-corrected chi connectivity index (χ1v) is 9.08. The van der Waals surface area contributed by atoms with Gasteiger partial charge in [-0.05, 0) is 36.4 Å². The maximum atomic E-state index is 6.37. The SMILES string of the molecule is COc1ccc(OC)c(Nc2nc(-c3ccccc3Cl)nc3ccccc23)c1. The van der Waals surface area contributed by atoms with Gasteiger partial charge in [-0.2, -0.15) is 0 Å². The van der Waals surface area contributed by atoms with Gasteiger partial charge in [0.15, 0.2) is 5.82 Å². The molecule has 3 aromatic carbocycles. The molecule has 28 heavy (non-hydrogen) atoms. The number of hydrogen-bond donors (Lipinski definition) is 1. The van der Waals surface area contributed by atoms with E-state index in [1.807, 2.05) is 66.7 Å². The molecule has 0 spiro atoms. The molecular weight excluding hydrogens is 374 g/mol. The molecule has 1 heterocycles. The Morgan fingerprint density at radius 3 is 2.43 bits per heavy atom. The van der Waals surface area contributed by atoms with E-state index in [2.05, 4.69) is 5.32 Å². The second kappa shape index (κ2) is 7.74. The molecule has 0 saturated heterocycles. The van der Waals surface area contributed by atoms with Crippen molar-refractivity contribution in [2.24, 2.45) is 0 Å². The number of methoxy groups -OCH3 is 2. The Morgan fingerprint density at radius 1 is 0.857 bits per heavy atom. The number of nitrogens with zero attached hydrogens (tertiary/aromatic N) is 2. The summed E-state index contributed by atoms with van der Waals surface area (Å²) in [6.45, 7) is 0. The lowest BCUT2D eigenvalue weighted by atomic mass is 10.1. The largest absolute Gasteiger partial charge is 0.497 e. The minimum Gasteiger partial charge on any atom is -0.497 e. The zero-order chi connectivity index (χ0) is 19.5. The lowest BCUT2D eigenvalue weighted by molar-refractivity contribution is 0.405. The fourth-order valence-electron chi connectivity index (χ4n) is 2.97. The highest BCUT2D eigenvalue weighted by Gasteiger charge is 2.14. The van der Waals surface area contributed by atoms with Crippen LogP contribution in [0.4, 0.5) is 11.5 Å². The van der Waals surface area contributed by atoms with Crippen LogP contribution in [0.5, 0.6) is 11.5 Å². The van der Waals surface area contributed by atoms with Crippen molar-refractivity contribution < 1.29 is 9.47 Å². The highest BCUT2D eigenvalue weighted by atomic mass is 35.5. The molecule has 0 atom stereocenters. The first-order valence-electron chi connectivity index (χ1n) is 8.70. The van der Waals surface area contributed by atoms with Crippen molar-refractivity contribution in [3.05, 3.63) is 71.8 Å². The molecule has 0 saturated carbocycles. The van der Waals surface area contributed by atoms with Gasteiger partial charge >= 0.3 is 0 Å². The lowest BCUT2D eigenvalue weighted by Crippen LogP contribution is -2.01. The van der Waals surface area contributed by atoms with Gasteiger partial charge in [0, 0.05) is 17.0 Å². The maximum absolute atomic E-state index is 6.37. The van der Waals surface area contributed by atoms with Crippen LogP contribution < -0.4 is 14.8 Å². The summed E-state index contributed by atoms with van der Waals surface area (Å²) >= 11 is 6.37. The molecule has 4 aromatic rings. The van der Waals surface area contributed by atoms with Crippen molar-refractivity contribution in [2.75, 3.05) is 19.5 Å². The molecule has 0 unspecified atom stereocenters. The van der Waals surface area contributed by atoms with Crippen LogP contribution in [0.1, 0.15) is 0 Å². The number of halogens is 1. The van der Waals surface area contributed by atoms with Gasteiger partial charge in [0.2, 0.25) is 0 Å². The van der Waals surface area contributed by atoms with Gasteiger partial charge in [-0.25, -0.2) is 9.97 Å². The molecule has 0 aliphatic rings. The maximum Gasteiger partial charge on any atom is 0.163 e. The summed E-state index contributed by atoms with van der Waals surface area (Å²) in [5, 5.41) is 4.86. The monoisotopic (exact) mass is 391 g/mol. The topological polar surface area (TPSA) is 56.3 Å². The Balaban J connectivity index is 1.88. The van der Waals surface area contributed by atoms with E-state index in [-0.39, 0.29) is 0 Å². The number of hydrogen-bond acceptors (Lipinski definition) is 5. The fourth-order valence-corrected chi connectivity index (χ4v) is 3.19. The molecule has 1 aromatic heterocycles. The summed E-state index contributed by atoms with van der Waals surface area (Å²) in [5.41, 5.74) is 2.34. The standard InChI is InChI=1S/C22H18ClN3O2/c1-27-14-11-12-20(28-2)19(13-14)25-22-16-8-4-6-10-18(16)24-21(26-22)15-7-3-5-9-17(15)23/h3-13H,1-2H3,(H,24,25,26). The van der Waals surface area contributed by atoms with E-state index in [0.717, 1.165) is 22.2 Å². The minimum atomic E-state index is 0.550. The first kappa shape index (κ1) is 18.1. The molecule has 5 nitrogen and oxygen atoms in total. The van der Waals surface area contributed by atoms with Crippen LogP contribution in [0.15, 0.2) is 66.7 Å². The number of para-hydroxylation sites is 1. The molecule has 0 aliphatic heterocycles. The number of fused-ring (bicyclic) bond motifs is 1. The molecular formula is C22H18ClN3O2. The Labute approximate surface area is 167 Å². The number of rotatable bonds is 5. The summed E-state index contributed by atoms with van der Waals surface area (Å²) in [7, 11) is 3.25. The van der Waals surface area contributed by atoms with E-state index in [1.165, 1.54) is 0 Å². The summed E-state index contributed by atoms with van der Waals surface area (Å²) in [6.07, 6.45) is 0. The smallest absolute Gasteiger partial charge is 0.163 e. The number of ether oxygens (including phenoxy) is 2. The molecule has 0 aliphatic carbocycles. The predicted octanol–water partition coefficient (Wildman–Crippen LogP) is 5.71. The third-order valence-electron chi connectivity index (χ3n) is 4.38. The fraction of sp³-hybridized carbons (Fsp3) is 0.0909. The highest BCUT2D eigenvalue weighted by Crippen LogP contribution is 2.34. The van der Waals surface area contributed by atoms with Crippen LogP contribution in [0.2, 0.25) is 5.02 Å². The summed E-state index contributed by atoms with van der Waals surface area (Å²) in [4.78, 5) is 9.45. The normalized spacial score (nSPS) is 10.7. The van der Waals surface area contributed by atoms with Gasteiger partial charge in [0.25, 0.3) is 0 Å². The van der Waals surface area contributed by atoms with Crippen LogP contribution in [0.25, 0.3) is 22.3 Å². The van der Waals surface area contributed by atoms with Gasteiger partial charge in [0.05, 0.1) is 30.4 Å². The number of anilines is 2. The number of aromatic nitrogens is 2. The second-order valence-corrected chi connectivity index (χ2v) is 6.49. The molecule has 0 bridgehead atoms. The summed E-state index contributed by atoms with van der Waals surface area (Å²) < 4.78 is 10.8. The third-order valence-corrected chi connectivity index (χ3v) is 4.71. The molecule has 6 heteroatoms. The minimum absolute atomic E-state index is 0.550. The van der Waals surface area contributed by atoms with Crippen LogP contribution in [0.3, 0.4) is 0 Å². The molecule has 0 radical (unpaired) electrons. The van der Waals surface area contributed by atoms with Crippen molar-refractivity contribution >= 4 is 34.0 Å². The second-order valence-electron chi connectivity index (χ2n) is 6.08. The van der Waals surface area contributed by atoms with E-state index in [0.29, 0.717) is 28.2 Å². The van der Waals surface area contributed by atoms with Gasteiger partial charge in [-0.15, -0.1) is 0 Å². The Hall–Kier alpha value is -3.31. The Kier molecular flexibility index (Phi) is 5.00. The molecule has 1 N–H and O–H groups in total. The average Bonchev–Trinajstić information content (AvgIpc) is 2.74. The Morgan fingerprint density at radius 2 is 1.64 bits per heavy atom. The zero-order valence-electron chi connectivity index (χ0n) is 15.4. The summed E-state index contributed by atoms with van der Waals surface area (Å²) in [5.74, 6) is 2.61.